The van der Waals surface area contributed by atoms with Crippen LogP contribution in [-0.2, 0) is 4.74 Å². The molecule has 2 atom stereocenters. The molecule has 0 spiro atoms. The summed E-state index contributed by atoms with van der Waals surface area (Å²) in [5.41, 5.74) is 0.576. The van der Waals surface area contributed by atoms with Gasteiger partial charge in [-0.05, 0) is 28.9 Å². The SMILES string of the molecule is CC1CN(C(=O)c2cncc(Br)c2)CC(CCl)O1. The van der Waals surface area contributed by atoms with E-state index in [0.717, 1.165) is 4.47 Å². The van der Waals surface area contributed by atoms with Crippen LogP contribution in [0.3, 0.4) is 0 Å². The molecule has 0 saturated carbocycles. The first-order valence-corrected chi connectivity index (χ1v) is 7.04. The third-order valence-corrected chi connectivity index (χ3v) is 3.52. The minimum Gasteiger partial charge on any atom is -0.370 e. The Labute approximate surface area is 119 Å². The fourth-order valence-electron chi connectivity index (χ4n) is 2.01. The minimum absolute atomic E-state index is 0.00608. The Bertz CT molecular complexity index is 444. The van der Waals surface area contributed by atoms with Crippen LogP contribution in [0.1, 0.15) is 17.3 Å². The zero-order valence-electron chi connectivity index (χ0n) is 9.97. The van der Waals surface area contributed by atoms with Crippen LogP contribution < -0.4 is 0 Å². The predicted molar refractivity (Wildman–Crippen MR) is 72.9 cm³/mol. The molecule has 6 heteroatoms. The lowest BCUT2D eigenvalue weighted by Crippen LogP contribution is -2.49. The van der Waals surface area contributed by atoms with Gasteiger partial charge in [0.15, 0.2) is 0 Å². The predicted octanol–water partition coefficient (Wildman–Crippen LogP) is 2.31. The first-order chi connectivity index (χ1) is 8.60. The van der Waals surface area contributed by atoms with Crippen molar-refractivity contribution in [2.75, 3.05) is 19.0 Å². The van der Waals surface area contributed by atoms with Gasteiger partial charge in [-0.1, -0.05) is 0 Å². The van der Waals surface area contributed by atoms with Gasteiger partial charge < -0.3 is 9.64 Å². The van der Waals surface area contributed by atoms with Crippen molar-refractivity contribution in [3.8, 4) is 0 Å². The van der Waals surface area contributed by atoms with Crippen LogP contribution in [-0.4, -0.2) is 47.0 Å². The zero-order chi connectivity index (χ0) is 13.1. The van der Waals surface area contributed by atoms with Crippen LogP contribution >= 0.6 is 27.5 Å². The van der Waals surface area contributed by atoms with Gasteiger partial charge in [0, 0.05) is 30.0 Å². The van der Waals surface area contributed by atoms with Crippen LogP contribution in [0.25, 0.3) is 0 Å². The first-order valence-electron chi connectivity index (χ1n) is 5.71. The number of alkyl halides is 1. The van der Waals surface area contributed by atoms with Crippen molar-refractivity contribution < 1.29 is 9.53 Å². The van der Waals surface area contributed by atoms with Crippen molar-refractivity contribution in [3.05, 3.63) is 28.5 Å². The maximum atomic E-state index is 12.3. The molecule has 0 aromatic carbocycles. The summed E-state index contributed by atoms with van der Waals surface area (Å²) in [6.07, 6.45) is 3.13. The van der Waals surface area contributed by atoms with Crippen LogP contribution in [0.5, 0.6) is 0 Å². The summed E-state index contributed by atoms with van der Waals surface area (Å²) < 4.78 is 6.42. The highest BCUT2D eigenvalue weighted by Crippen LogP contribution is 2.17. The Morgan fingerprint density at radius 3 is 3.06 bits per heavy atom. The van der Waals surface area contributed by atoms with Crippen LogP contribution in [0.2, 0.25) is 0 Å². The second-order valence-electron chi connectivity index (χ2n) is 4.32. The van der Waals surface area contributed by atoms with Crippen molar-refractivity contribution in [2.24, 2.45) is 0 Å². The van der Waals surface area contributed by atoms with Gasteiger partial charge in [0.1, 0.15) is 0 Å². The topological polar surface area (TPSA) is 42.4 Å². The number of morpholine rings is 1. The Morgan fingerprint density at radius 2 is 2.39 bits per heavy atom. The van der Waals surface area contributed by atoms with Gasteiger partial charge in [-0.3, -0.25) is 9.78 Å². The number of ether oxygens (including phenoxy) is 1. The smallest absolute Gasteiger partial charge is 0.255 e. The number of hydrogen-bond donors (Lipinski definition) is 0. The normalized spacial score (nSPS) is 24.1. The number of amides is 1. The fraction of sp³-hybridized carbons (Fsp3) is 0.500. The molecule has 1 amide bonds. The fourth-order valence-corrected chi connectivity index (χ4v) is 2.54. The molecule has 4 nitrogen and oxygen atoms in total. The van der Waals surface area contributed by atoms with E-state index in [4.69, 9.17) is 16.3 Å². The van der Waals surface area contributed by atoms with Crippen molar-refractivity contribution in [1.82, 2.24) is 9.88 Å². The maximum absolute atomic E-state index is 12.3. The van der Waals surface area contributed by atoms with Gasteiger partial charge in [-0.2, -0.15) is 0 Å². The van der Waals surface area contributed by atoms with Gasteiger partial charge in [0.25, 0.3) is 5.91 Å². The Balaban J connectivity index is 2.13. The van der Waals surface area contributed by atoms with Gasteiger partial charge in [-0.25, -0.2) is 0 Å². The second kappa shape index (κ2) is 5.99. The molecule has 0 radical (unpaired) electrons. The molecule has 1 saturated heterocycles. The number of pyridine rings is 1. The van der Waals surface area contributed by atoms with E-state index < -0.39 is 0 Å². The van der Waals surface area contributed by atoms with Crippen molar-refractivity contribution in [3.63, 3.8) is 0 Å². The number of rotatable bonds is 2. The number of halogens is 2. The minimum atomic E-state index is -0.0977. The summed E-state index contributed by atoms with van der Waals surface area (Å²) in [5.74, 6) is 0.360. The second-order valence-corrected chi connectivity index (χ2v) is 5.55. The standard InChI is InChI=1S/C12H14BrClN2O2/c1-8-6-16(7-11(3-14)18-8)12(17)9-2-10(13)5-15-4-9/h2,4-5,8,11H,3,6-7H2,1H3. The summed E-state index contributed by atoms with van der Waals surface area (Å²) in [6.45, 7) is 3.05. The third kappa shape index (κ3) is 3.22. The van der Waals surface area contributed by atoms with E-state index in [0.29, 0.717) is 24.5 Å². The van der Waals surface area contributed by atoms with Gasteiger partial charge in [0.05, 0.1) is 23.7 Å². The third-order valence-electron chi connectivity index (χ3n) is 2.74. The van der Waals surface area contributed by atoms with Crippen molar-refractivity contribution in [1.29, 1.82) is 0 Å². The molecular weight excluding hydrogens is 320 g/mol. The Morgan fingerprint density at radius 1 is 1.61 bits per heavy atom. The molecular formula is C12H14BrClN2O2. The molecule has 1 aliphatic heterocycles. The van der Waals surface area contributed by atoms with Crippen LogP contribution in [0.4, 0.5) is 0 Å². The summed E-state index contributed by atoms with van der Waals surface area (Å²) in [5, 5.41) is 0. The largest absolute Gasteiger partial charge is 0.370 e. The summed E-state index contributed by atoms with van der Waals surface area (Å²) in [4.78, 5) is 18.1. The quantitative estimate of drug-likeness (QED) is 0.780. The summed E-state index contributed by atoms with van der Waals surface area (Å²) >= 11 is 9.12. The highest BCUT2D eigenvalue weighted by Gasteiger charge is 2.28. The van der Waals surface area contributed by atoms with Gasteiger partial charge in [-0.15, -0.1) is 11.6 Å². The molecule has 18 heavy (non-hydrogen) atoms. The molecule has 1 aliphatic rings. The van der Waals surface area contributed by atoms with E-state index in [2.05, 4.69) is 20.9 Å². The number of nitrogens with zero attached hydrogens (tertiary/aromatic N) is 2. The Hall–Kier alpha value is -0.650. The molecule has 2 rings (SSSR count). The highest BCUT2D eigenvalue weighted by molar-refractivity contribution is 9.10. The van der Waals surface area contributed by atoms with Crippen molar-refractivity contribution in [2.45, 2.75) is 19.1 Å². The molecule has 1 fully saturated rings. The van der Waals surface area contributed by atoms with Crippen LogP contribution in [0, 0.1) is 0 Å². The van der Waals surface area contributed by atoms with E-state index in [9.17, 15) is 4.79 Å². The summed E-state index contributed by atoms with van der Waals surface area (Å²) in [6, 6.07) is 1.77. The number of hydrogen-bond acceptors (Lipinski definition) is 3. The Kier molecular flexibility index (Phi) is 4.59. The molecule has 1 aromatic rings. The van der Waals surface area contributed by atoms with E-state index in [1.54, 1.807) is 23.4 Å². The van der Waals surface area contributed by atoms with Gasteiger partial charge >= 0.3 is 0 Å². The van der Waals surface area contributed by atoms with E-state index in [1.165, 1.54) is 0 Å². The lowest BCUT2D eigenvalue weighted by atomic mass is 10.2. The van der Waals surface area contributed by atoms with E-state index in [-0.39, 0.29) is 18.1 Å². The monoisotopic (exact) mass is 332 g/mol. The molecule has 0 N–H and O–H groups in total. The zero-order valence-corrected chi connectivity index (χ0v) is 12.3. The number of carbonyl (C=O) groups excluding carboxylic acids is 1. The maximum Gasteiger partial charge on any atom is 0.255 e. The molecule has 0 bridgehead atoms. The molecule has 98 valence electrons. The number of aromatic nitrogens is 1. The lowest BCUT2D eigenvalue weighted by molar-refractivity contribution is -0.0570. The average molecular weight is 334 g/mol. The molecule has 1 aromatic heterocycles. The summed E-state index contributed by atoms with van der Waals surface area (Å²) in [7, 11) is 0. The van der Waals surface area contributed by atoms with E-state index in [1.807, 2.05) is 6.92 Å². The lowest BCUT2D eigenvalue weighted by Gasteiger charge is -2.36. The van der Waals surface area contributed by atoms with Gasteiger partial charge in [0.2, 0.25) is 0 Å². The van der Waals surface area contributed by atoms with Crippen molar-refractivity contribution >= 4 is 33.4 Å². The molecule has 2 unspecified atom stereocenters. The highest BCUT2D eigenvalue weighted by atomic mass is 79.9. The van der Waals surface area contributed by atoms with E-state index >= 15 is 0 Å². The average Bonchev–Trinajstić information content (AvgIpc) is 2.37. The first kappa shape index (κ1) is 13.8. The molecule has 0 aliphatic carbocycles. The van der Waals surface area contributed by atoms with Crippen LogP contribution in [0.15, 0.2) is 22.9 Å². The molecule has 2 heterocycles. The number of carbonyl (C=O) groups is 1.